The first-order valence-electron chi connectivity index (χ1n) is 6.81. The van der Waals surface area contributed by atoms with Crippen molar-refractivity contribution >= 4 is 10.8 Å². The molecule has 0 fully saturated rings. The number of rotatable bonds is 4. The lowest BCUT2D eigenvalue weighted by Crippen LogP contribution is -2.09. The highest BCUT2D eigenvalue weighted by Gasteiger charge is 2.26. The number of halogens is 3. The standard InChI is InChI=1S/C14H11F3N4O2/c15-14(16,17)7-3-6-10-18-13(23-21-10)11-8-4-1-2-5-9(8)12(22)20-19-11/h1-2,4-5H,3,6-7H2,(H,20,22). The molecule has 6 nitrogen and oxygen atoms in total. The topological polar surface area (TPSA) is 84.7 Å². The van der Waals surface area contributed by atoms with Crippen molar-refractivity contribution < 1.29 is 17.7 Å². The first-order valence-corrected chi connectivity index (χ1v) is 6.81. The largest absolute Gasteiger partial charge is 0.389 e. The lowest BCUT2D eigenvalue weighted by atomic mass is 10.1. The molecule has 3 rings (SSSR count). The summed E-state index contributed by atoms with van der Waals surface area (Å²) >= 11 is 0. The zero-order chi connectivity index (χ0) is 16.4. The molecule has 0 saturated carbocycles. The second kappa shape index (κ2) is 5.82. The fourth-order valence-corrected chi connectivity index (χ4v) is 2.18. The molecule has 1 N–H and O–H groups in total. The molecular formula is C14H11F3N4O2. The molecule has 0 radical (unpaired) electrons. The van der Waals surface area contributed by atoms with Gasteiger partial charge in [0, 0.05) is 18.2 Å². The molecule has 0 aliphatic heterocycles. The normalized spacial score (nSPS) is 12.0. The van der Waals surface area contributed by atoms with E-state index in [2.05, 4.69) is 20.3 Å². The van der Waals surface area contributed by atoms with Gasteiger partial charge in [-0.15, -0.1) is 0 Å². The number of aryl methyl sites for hydroxylation is 1. The van der Waals surface area contributed by atoms with Gasteiger partial charge in [0.25, 0.3) is 11.4 Å². The third-order valence-corrected chi connectivity index (χ3v) is 3.23. The molecule has 0 aliphatic carbocycles. The monoisotopic (exact) mass is 324 g/mol. The minimum atomic E-state index is -4.21. The molecule has 0 unspecified atom stereocenters. The van der Waals surface area contributed by atoms with Crippen LogP contribution in [0.15, 0.2) is 33.6 Å². The SMILES string of the molecule is O=c1[nH]nc(-c2nc(CCCC(F)(F)F)no2)c2ccccc12. The van der Waals surface area contributed by atoms with Gasteiger partial charge in [0.2, 0.25) is 0 Å². The van der Waals surface area contributed by atoms with E-state index in [0.717, 1.165) is 0 Å². The third-order valence-electron chi connectivity index (χ3n) is 3.23. The average Bonchev–Trinajstić information content (AvgIpc) is 2.95. The quantitative estimate of drug-likeness (QED) is 0.797. The second-order valence-electron chi connectivity index (χ2n) is 4.93. The van der Waals surface area contributed by atoms with Crippen LogP contribution in [0.2, 0.25) is 0 Å². The van der Waals surface area contributed by atoms with Gasteiger partial charge in [-0.2, -0.15) is 23.3 Å². The van der Waals surface area contributed by atoms with Gasteiger partial charge in [0.05, 0.1) is 5.39 Å². The van der Waals surface area contributed by atoms with Crippen LogP contribution in [0.25, 0.3) is 22.4 Å². The van der Waals surface area contributed by atoms with E-state index in [1.807, 2.05) is 0 Å². The van der Waals surface area contributed by atoms with E-state index in [-0.39, 0.29) is 35.8 Å². The molecule has 0 saturated heterocycles. The number of nitrogens with zero attached hydrogens (tertiary/aromatic N) is 3. The number of nitrogens with one attached hydrogen (secondary N) is 1. The number of aromatic amines is 1. The summed E-state index contributed by atoms with van der Waals surface area (Å²) < 4.78 is 41.5. The molecule has 0 bridgehead atoms. The zero-order valence-corrected chi connectivity index (χ0v) is 11.7. The van der Waals surface area contributed by atoms with Crippen molar-refractivity contribution in [1.82, 2.24) is 20.3 Å². The van der Waals surface area contributed by atoms with E-state index < -0.39 is 12.6 Å². The number of H-pyrrole nitrogens is 1. The van der Waals surface area contributed by atoms with Crippen molar-refractivity contribution in [2.45, 2.75) is 25.4 Å². The van der Waals surface area contributed by atoms with E-state index in [4.69, 9.17) is 4.52 Å². The Balaban J connectivity index is 1.86. The number of alkyl halides is 3. The van der Waals surface area contributed by atoms with Crippen LogP contribution in [-0.4, -0.2) is 26.5 Å². The highest BCUT2D eigenvalue weighted by Crippen LogP contribution is 2.24. The van der Waals surface area contributed by atoms with Gasteiger partial charge in [-0.05, 0) is 12.5 Å². The highest BCUT2D eigenvalue weighted by molar-refractivity contribution is 5.91. The maximum atomic E-state index is 12.1. The summed E-state index contributed by atoms with van der Waals surface area (Å²) in [6.45, 7) is 0. The molecule has 0 aliphatic rings. The minimum absolute atomic E-state index is 0.0459. The summed E-state index contributed by atoms with van der Waals surface area (Å²) in [5.74, 6) is 0.223. The number of benzene rings is 1. The number of aromatic nitrogens is 4. The predicted octanol–water partition coefficient (Wildman–Crippen LogP) is 2.86. The van der Waals surface area contributed by atoms with Crippen molar-refractivity contribution in [2.75, 3.05) is 0 Å². The van der Waals surface area contributed by atoms with Crippen LogP contribution in [0.4, 0.5) is 13.2 Å². The first-order chi connectivity index (χ1) is 10.9. The zero-order valence-electron chi connectivity index (χ0n) is 11.7. The van der Waals surface area contributed by atoms with Crippen LogP contribution in [0.3, 0.4) is 0 Å². The Morgan fingerprint density at radius 3 is 2.65 bits per heavy atom. The Kier molecular flexibility index (Phi) is 3.85. The van der Waals surface area contributed by atoms with E-state index in [1.54, 1.807) is 24.3 Å². The third kappa shape index (κ3) is 3.38. The highest BCUT2D eigenvalue weighted by atomic mass is 19.4. The molecule has 120 valence electrons. The number of hydrogen-bond acceptors (Lipinski definition) is 5. The summed E-state index contributed by atoms with van der Waals surface area (Å²) in [7, 11) is 0. The van der Waals surface area contributed by atoms with Gasteiger partial charge in [-0.25, -0.2) is 5.10 Å². The van der Waals surface area contributed by atoms with E-state index in [9.17, 15) is 18.0 Å². The lowest BCUT2D eigenvalue weighted by molar-refractivity contribution is -0.135. The van der Waals surface area contributed by atoms with Crippen molar-refractivity contribution in [3.05, 3.63) is 40.4 Å². The fraction of sp³-hybridized carbons (Fsp3) is 0.286. The van der Waals surface area contributed by atoms with Crippen molar-refractivity contribution in [3.63, 3.8) is 0 Å². The Hall–Kier alpha value is -2.71. The molecule has 2 aromatic heterocycles. The minimum Gasteiger partial charge on any atom is -0.332 e. The van der Waals surface area contributed by atoms with Crippen LogP contribution in [0, 0.1) is 0 Å². The maximum absolute atomic E-state index is 12.1. The van der Waals surface area contributed by atoms with Gasteiger partial charge in [-0.3, -0.25) is 4.79 Å². The average molecular weight is 324 g/mol. The van der Waals surface area contributed by atoms with Crippen molar-refractivity contribution in [2.24, 2.45) is 0 Å². The summed E-state index contributed by atoms with van der Waals surface area (Å²) in [6, 6.07) is 6.74. The Labute approximate surface area is 127 Å². The smallest absolute Gasteiger partial charge is 0.332 e. The summed E-state index contributed by atoms with van der Waals surface area (Å²) in [4.78, 5) is 15.8. The Bertz CT molecular complexity index is 885. The van der Waals surface area contributed by atoms with E-state index in [1.165, 1.54) is 0 Å². The Morgan fingerprint density at radius 1 is 1.17 bits per heavy atom. The fourth-order valence-electron chi connectivity index (χ4n) is 2.18. The second-order valence-corrected chi connectivity index (χ2v) is 4.93. The predicted molar refractivity (Wildman–Crippen MR) is 74.6 cm³/mol. The van der Waals surface area contributed by atoms with Crippen LogP contribution < -0.4 is 5.56 Å². The van der Waals surface area contributed by atoms with Gasteiger partial charge < -0.3 is 4.52 Å². The van der Waals surface area contributed by atoms with Crippen LogP contribution in [-0.2, 0) is 6.42 Å². The molecular weight excluding hydrogens is 313 g/mol. The summed E-state index contributed by atoms with van der Waals surface area (Å²) in [5.41, 5.74) is -0.0657. The molecule has 9 heteroatoms. The van der Waals surface area contributed by atoms with Crippen molar-refractivity contribution in [3.8, 4) is 11.6 Å². The molecule has 0 atom stereocenters. The van der Waals surface area contributed by atoms with Gasteiger partial charge in [-0.1, -0.05) is 23.4 Å². The molecule has 0 spiro atoms. The van der Waals surface area contributed by atoms with Crippen LogP contribution in [0.5, 0.6) is 0 Å². The van der Waals surface area contributed by atoms with Gasteiger partial charge >= 0.3 is 6.18 Å². The molecule has 0 amide bonds. The molecule has 23 heavy (non-hydrogen) atoms. The molecule has 2 heterocycles. The summed E-state index contributed by atoms with van der Waals surface area (Å²) in [6.07, 6.45) is -5.19. The molecule has 1 aromatic carbocycles. The summed E-state index contributed by atoms with van der Waals surface area (Å²) in [5, 5.41) is 10.8. The number of hydrogen-bond donors (Lipinski definition) is 1. The first kappa shape index (κ1) is 15.2. The van der Waals surface area contributed by atoms with Gasteiger partial charge in [0.15, 0.2) is 11.5 Å². The van der Waals surface area contributed by atoms with Crippen molar-refractivity contribution in [1.29, 1.82) is 0 Å². The maximum Gasteiger partial charge on any atom is 0.389 e. The van der Waals surface area contributed by atoms with Crippen LogP contribution in [0.1, 0.15) is 18.7 Å². The van der Waals surface area contributed by atoms with Crippen LogP contribution >= 0.6 is 0 Å². The van der Waals surface area contributed by atoms with E-state index >= 15 is 0 Å². The lowest BCUT2D eigenvalue weighted by Gasteiger charge is -2.03. The number of fused-ring (bicyclic) bond motifs is 1. The van der Waals surface area contributed by atoms with E-state index in [0.29, 0.717) is 10.8 Å². The molecule has 3 aromatic rings. The Morgan fingerprint density at radius 2 is 1.91 bits per heavy atom. The van der Waals surface area contributed by atoms with Gasteiger partial charge in [0.1, 0.15) is 0 Å².